The number of hydrogen-bond acceptors (Lipinski definition) is 5. The van der Waals surface area contributed by atoms with Gasteiger partial charge >= 0.3 is 0 Å². The molecule has 0 aliphatic carbocycles. The van der Waals surface area contributed by atoms with E-state index >= 15 is 0 Å². The van der Waals surface area contributed by atoms with Crippen LogP contribution in [0.25, 0.3) is 27.8 Å². The van der Waals surface area contributed by atoms with E-state index in [-0.39, 0.29) is 6.04 Å². The molecule has 0 saturated heterocycles. The second kappa shape index (κ2) is 7.48. The van der Waals surface area contributed by atoms with Gasteiger partial charge in [0.25, 0.3) is 0 Å². The standard InChI is InChI=1S/C24H21N5O/c1-16(17-8-4-3-5-9-17)25-23-20-10-6-7-11-21(20)29-24(26-23)22(27-28-29)18-12-14-19(30-2)15-13-18/h3-16H,1-2H3,(H,25,26). The van der Waals surface area contributed by atoms with Gasteiger partial charge in [-0.2, -0.15) is 4.52 Å². The van der Waals surface area contributed by atoms with Crippen molar-refractivity contribution in [3.05, 3.63) is 84.4 Å². The monoisotopic (exact) mass is 395 g/mol. The number of para-hydroxylation sites is 1. The molecule has 0 spiro atoms. The van der Waals surface area contributed by atoms with Crippen LogP contribution in [-0.4, -0.2) is 26.9 Å². The Labute approximate surface area is 174 Å². The Bertz CT molecular complexity index is 1310. The van der Waals surface area contributed by atoms with E-state index < -0.39 is 0 Å². The van der Waals surface area contributed by atoms with Crippen molar-refractivity contribution in [3.63, 3.8) is 0 Å². The Balaban J connectivity index is 1.65. The summed E-state index contributed by atoms with van der Waals surface area (Å²) in [5.74, 6) is 1.61. The van der Waals surface area contributed by atoms with Crippen LogP contribution in [0.4, 0.5) is 5.82 Å². The van der Waals surface area contributed by atoms with Crippen molar-refractivity contribution < 1.29 is 4.74 Å². The lowest BCUT2D eigenvalue weighted by Crippen LogP contribution is -2.09. The second-order valence-electron chi connectivity index (χ2n) is 7.16. The van der Waals surface area contributed by atoms with E-state index in [4.69, 9.17) is 9.72 Å². The molecule has 0 radical (unpaired) electrons. The van der Waals surface area contributed by atoms with E-state index in [0.29, 0.717) is 5.65 Å². The van der Waals surface area contributed by atoms with Crippen molar-refractivity contribution in [2.45, 2.75) is 13.0 Å². The Hall–Kier alpha value is -3.93. The molecule has 2 aromatic heterocycles. The molecule has 0 amide bonds. The van der Waals surface area contributed by atoms with E-state index in [1.165, 1.54) is 5.56 Å². The SMILES string of the molecule is COc1ccc(-c2nnn3c2nc(NC(C)c2ccccc2)c2ccccc23)cc1. The fraction of sp³-hybridized carbons (Fsp3) is 0.125. The quantitative estimate of drug-likeness (QED) is 0.447. The summed E-state index contributed by atoms with van der Waals surface area (Å²) >= 11 is 0. The van der Waals surface area contributed by atoms with E-state index in [0.717, 1.165) is 33.7 Å². The Morgan fingerprint density at radius 2 is 1.63 bits per heavy atom. The molecule has 1 N–H and O–H groups in total. The molecule has 0 bridgehead atoms. The summed E-state index contributed by atoms with van der Waals surface area (Å²) < 4.78 is 7.07. The molecule has 5 rings (SSSR count). The van der Waals surface area contributed by atoms with Crippen LogP contribution in [0.5, 0.6) is 5.75 Å². The zero-order chi connectivity index (χ0) is 20.5. The van der Waals surface area contributed by atoms with Crippen LogP contribution < -0.4 is 10.1 Å². The average Bonchev–Trinajstić information content (AvgIpc) is 3.24. The van der Waals surface area contributed by atoms with Gasteiger partial charge in [-0.3, -0.25) is 0 Å². The zero-order valence-corrected chi connectivity index (χ0v) is 16.8. The van der Waals surface area contributed by atoms with E-state index in [2.05, 4.69) is 40.8 Å². The molecule has 0 saturated carbocycles. The fourth-order valence-corrected chi connectivity index (χ4v) is 3.64. The highest BCUT2D eigenvalue weighted by Gasteiger charge is 2.17. The van der Waals surface area contributed by atoms with E-state index in [1.54, 1.807) is 11.6 Å². The molecule has 3 aromatic carbocycles. The van der Waals surface area contributed by atoms with Crippen molar-refractivity contribution in [2.24, 2.45) is 0 Å². The number of nitrogens with one attached hydrogen (secondary N) is 1. The summed E-state index contributed by atoms with van der Waals surface area (Å²) in [4.78, 5) is 4.94. The first-order chi connectivity index (χ1) is 14.7. The lowest BCUT2D eigenvalue weighted by atomic mass is 10.1. The number of ether oxygens (including phenoxy) is 1. The predicted molar refractivity (Wildman–Crippen MR) is 119 cm³/mol. The van der Waals surface area contributed by atoms with Crippen molar-refractivity contribution in [3.8, 4) is 17.0 Å². The topological polar surface area (TPSA) is 64.3 Å². The molecule has 148 valence electrons. The molecule has 2 heterocycles. The summed E-state index contributed by atoms with van der Waals surface area (Å²) in [6.07, 6.45) is 0. The molecule has 0 fully saturated rings. The first-order valence-corrected chi connectivity index (χ1v) is 9.84. The molecular formula is C24H21N5O. The average molecular weight is 395 g/mol. The molecule has 1 unspecified atom stereocenters. The van der Waals surface area contributed by atoms with Gasteiger partial charge in [0.1, 0.15) is 17.3 Å². The number of benzene rings is 3. The van der Waals surface area contributed by atoms with Crippen LogP contribution >= 0.6 is 0 Å². The number of rotatable bonds is 5. The molecule has 1 atom stereocenters. The van der Waals surface area contributed by atoms with Crippen molar-refractivity contribution in [2.75, 3.05) is 12.4 Å². The van der Waals surface area contributed by atoms with Crippen LogP contribution in [0.1, 0.15) is 18.5 Å². The first kappa shape index (κ1) is 18.1. The van der Waals surface area contributed by atoms with Gasteiger partial charge in [0.2, 0.25) is 0 Å². The second-order valence-corrected chi connectivity index (χ2v) is 7.16. The van der Waals surface area contributed by atoms with E-state index in [1.807, 2.05) is 60.7 Å². The first-order valence-electron chi connectivity index (χ1n) is 9.84. The van der Waals surface area contributed by atoms with Crippen molar-refractivity contribution in [1.82, 2.24) is 19.8 Å². The summed E-state index contributed by atoms with van der Waals surface area (Å²) in [6, 6.07) is 26.3. The molecular weight excluding hydrogens is 374 g/mol. The highest BCUT2D eigenvalue weighted by molar-refractivity contribution is 5.93. The third-order valence-corrected chi connectivity index (χ3v) is 5.27. The minimum Gasteiger partial charge on any atom is -0.497 e. The maximum atomic E-state index is 5.27. The van der Waals surface area contributed by atoms with Crippen LogP contribution in [-0.2, 0) is 0 Å². The molecule has 6 heteroatoms. The molecule has 0 aliphatic rings. The third-order valence-electron chi connectivity index (χ3n) is 5.27. The number of aromatic nitrogens is 4. The number of anilines is 1. The van der Waals surface area contributed by atoms with Crippen molar-refractivity contribution in [1.29, 1.82) is 0 Å². The number of nitrogens with zero attached hydrogens (tertiary/aromatic N) is 4. The van der Waals surface area contributed by atoms with Gasteiger partial charge in [-0.25, -0.2) is 4.98 Å². The molecule has 30 heavy (non-hydrogen) atoms. The fourth-order valence-electron chi connectivity index (χ4n) is 3.64. The van der Waals surface area contributed by atoms with Gasteiger partial charge in [0.05, 0.1) is 12.6 Å². The highest BCUT2D eigenvalue weighted by Crippen LogP contribution is 2.30. The number of hydrogen-bond donors (Lipinski definition) is 1. The third kappa shape index (κ3) is 3.12. The van der Waals surface area contributed by atoms with Gasteiger partial charge < -0.3 is 10.1 Å². The minimum atomic E-state index is 0.102. The van der Waals surface area contributed by atoms with Crippen LogP contribution in [0.3, 0.4) is 0 Å². The lowest BCUT2D eigenvalue weighted by molar-refractivity contribution is 0.415. The number of methoxy groups -OCH3 is 1. The molecule has 0 aliphatic heterocycles. The maximum Gasteiger partial charge on any atom is 0.186 e. The summed E-state index contributed by atoms with van der Waals surface area (Å²) in [6.45, 7) is 2.13. The van der Waals surface area contributed by atoms with Crippen LogP contribution in [0.15, 0.2) is 78.9 Å². The predicted octanol–water partition coefficient (Wildman–Crippen LogP) is 5.13. The molecule has 5 aromatic rings. The zero-order valence-electron chi connectivity index (χ0n) is 16.8. The molecule has 6 nitrogen and oxygen atoms in total. The van der Waals surface area contributed by atoms with Gasteiger partial charge in [-0.1, -0.05) is 47.7 Å². The van der Waals surface area contributed by atoms with Crippen LogP contribution in [0, 0.1) is 0 Å². The van der Waals surface area contributed by atoms with Gasteiger partial charge in [0.15, 0.2) is 5.65 Å². The van der Waals surface area contributed by atoms with E-state index in [9.17, 15) is 0 Å². The normalized spacial score (nSPS) is 12.2. The number of fused-ring (bicyclic) bond motifs is 3. The summed E-state index contributed by atoms with van der Waals surface area (Å²) in [5.41, 5.74) is 4.54. The van der Waals surface area contributed by atoms with Gasteiger partial charge in [-0.05, 0) is 48.9 Å². The lowest BCUT2D eigenvalue weighted by Gasteiger charge is -2.17. The Morgan fingerprint density at radius 1 is 0.900 bits per heavy atom. The summed E-state index contributed by atoms with van der Waals surface area (Å²) in [7, 11) is 1.65. The van der Waals surface area contributed by atoms with Crippen molar-refractivity contribution >= 4 is 22.4 Å². The van der Waals surface area contributed by atoms with Gasteiger partial charge in [0, 0.05) is 17.0 Å². The smallest absolute Gasteiger partial charge is 0.186 e. The largest absolute Gasteiger partial charge is 0.497 e. The Morgan fingerprint density at radius 3 is 2.40 bits per heavy atom. The Kier molecular flexibility index (Phi) is 4.52. The highest BCUT2D eigenvalue weighted by atomic mass is 16.5. The van der Waals surface area contributed by atoms with Gasteiger partial charge in [-0.15, -0.1) is 5.10 Å². The maximum absolute atomic E-state index is 5.27. The summed E-state index contributed by atoms with van der Waals surface area (Å²) in [5, 5.41) is 13.4. The van der Waals surface area contributed by atoms with Crippen LogP contribution in [0.2, 0.25) is 0 Å². The minimum absolute atomic E-state index is 0.102.